The quantitative estimate of drug-likeness (QED) is 0.171. The van der Waals surface area contributed by atoms with Gasteiger partial charge in [0.05, 0.1) is 10.9 Å². The number of allylic oxidation sites excluding steroid dienone is 2. The van der Waals surface area contributed by atoms with E-state index in [1.165, 1.54) is 0 Å². The number of aryl methyl sites for hydroxylation is 1. The molecule has 0 aromatic heterocycles. The molecule has 0 radical (unpaired) electrons. The second-order valence-electron chi connectivity index (χ2n) is 10.1. The highest BCUT2D eigenvalue weighted by molar-refractivity contribution is 7.89. The van der Waals surface area contributed by atoms with Crippen LogP contribution in [0.3, 0.4) is 0 Å². The molecule has 5 aromatic carbocycles. The SMILES string of the molecule is C=C(/C=C(\C=C(c1ccccc1)c1ccccc1)C(NS(=O)(=O)c1ccc(C)cc1)c1ccccc1)c1ccccc1. The maximum absolute atomic E-state index is 13.8. The van der Waals surface area contributed by atoms with Crippen molar-refractivity contribution in [2.45, 2.75) is 17.9 Å². The Morgan fingerprint density at radius 1 is 0.619 bits per heavy atom. The van der Waals surface area contributed by atoms with E-state index in [9.17, 15) is 8.42 Å². The molecule has 0 saturated heterocycles. The minimum atomic E-state index is -3.88. The number of hydrogen-bond acceptors (Lipinski definition) is 2. The molecular weight excluding hydrogens is 534 g/mol. The summed E-state index contributed by atoms with van der Waals surface area (Å²) in [7, 11) is -3.88. The van der Waals surface area contributed by atoms with Crippen molar-refractivity contribution in [3.05, 3.63) is 198 Å². The lowest BCUT2D eigenvalue weighted by Crippen LogP contribution is -2.30. The number of rotatable bonds is 10. The molecule has 0 aliphatic heterocycles. The lowest BCUT2D eigenvalue weighted by atomic mass is 9.90. The van der Waals surface area contributed by atoms with Gasteiger partial charge in [0.15, 0.2) is 0 Å². The Bertz CT molecular complexity index is 1750. The number of nitrogens with one attached hydrogen (secondary N) is 1. The molecule has 0 heterocycles. The van der Waals surface area contributed by atoms with Gasteiger partial charge < -0.3 is 0 Å². The largest absolute Gasteiger partial charge is 0.241 e. The first-order valence-corrected chi connectivity index (χ1v) is 15.3. The summed E-state index contributed by atoms with van der Waals surface area (Å²) in [6, 6.07) is 46.0. The van der Waals surface area contributed by atoms with Gasteiger partial charge in [-0.25, -0.2) is 8.42 Å². The van der Waals surface area contributed by atoms with Gasteiger partial charge in [-0.2, -0.15) is 4.72 Å². The van der Waals surface area contributed by atoms with Crippen LogP contribution in [-0.4, -0.2) is 8.42 Å². The summed E-state index contributed by atoms with van der Waals surface area (Å²) in [5.41, 5.74) is 7.31. The first-order valence-electron chi connectivity index (χ1n) is 13.8. The average molecular weight is 568 g/mol. The second-order valence-corrected chi connectivity index (χ2v) is 11.8. The number of sulfonamides is 1. The van der Waals surface area contributed by atoms with Crippen LogP contribution in [0.15, 0.2) is 175 Å². The molecule has 42 heavy (non-hydrogen) atoms. The first kappa shape index (κ1) is 28.7. The van der Waals surface area contributed by atoms with Gasteiger partial charge in [-0.15, -0.1) is 0 Å². The van der Waals surface area contributed by atoms with E-state index in [4.69, 9.17) is 0 Å². The minimum Gasteiger partial charge on any atom is -0.207 e. The van der Waals surface area contributed by atoms with Gasteiger partial charge in [0.2, 0.25) is 10.0 Å². The van der Waals surface area contributed by atoms with Gasteiger partial charge in [0.1, 0.15) is 0 Å². The zero-order chi connectivity index (χ0) is 29.4. The third-order valence-electron chi connectivity index (χ3n) is 7.04. The van der Waals surface area contributed by atoms with Crippen molar-refractivity contribution in [1.82, 2.24) is 4.72 Å². The van der Waals surface area contributed by atoms with Crippen molar-refractivity contribution < 1.29 is 8.42 Å². The lowest BCUT2D eigenvalue weighted by Gasteiger charge is -2.23. The highest BCUT2D eigenvalue weighted by atomic mass is 32.2. The van der Waals surface area contributed by atoms with Crippen molar-refractivity contribution in [2.75, 3.05) is 0 Å². The third kappa shape index (κ3) is 7.10. The molecule has 0 aliphatic rings. The van der Waals surface area contributed by atoms with Crippen LogP contribution in [0.25, 0.3) is 11.1 Å². The Hall–Kier alpha value is -4.77. The average Bonchev–Trinajstić information content (AvgIpc) is 3.04. The summed E-state index contributed by atoms with van der Waals surface area (Å²) in [4.78, 5) is 0.214. The van der Waals surface area contributed by atoms with Gasteiger partial charge in [0, 0.05) is 0 Å². The van der Waals surface area contributed by atoms with Crippen molar-refractivity contribution >= 4 is 21.2 Å². The fourth-order valence-electron chi connectivity index (χ4n) is 4.80. The van der Waals surface area contributed by atoms with E-state index < -0.39 is 16.1 Å². The minimum absolute atomic E-state index is 0.214. The molecule has 5 rings (SSSR count). The van der Waals surface area contributed by atoms with Gasteiger partial charge in [-0.3, -0.25) is 0 Å². The molecule has 4 heteroatoms. The Kier molecular flexibility index (Phi) is 9.08. The number of benzene rings is 5. The zero-order valence-electron chi connectivity index (χ0n) is 23.5. The summed E-state index contributed by atoms with van der Waals surface area (Å²) < 4.78 is 30.7. The Morgan fingerprint density at radius 3 is 1.57 bits per heavy atom. The summed E-state index contributed by atoms with van der Waals surface area (Å²) in [5, 5.41) is 0. The first-order chi connectivity index (χ1) is 20.4. The molecule has 3 nitrogen and oxygen atoms in total. The van der Waals surface area contributed by atoms with Crippen LogP contribution in [-0.2, 0) is 10.0 Å². The topological polar surface area (TPSA) is 46.2 Å². The smallest absolute Gasteiger partial charge is 0.207 e. The van der Waals surface area contributed by atoms with E-state index in [1.54, 1.807) is 12.1 Å². The highest BCUT2D eigenvalue weighted by Gasteiger charge is 2.25. The monoisotopic (exact) mass is 567 g/mol. The molecule has 0 fully saturated rings. The van der Waals surface area contributed by atoms with E-state index in [0.717, 1.165) is 44.5 Å². The summed E-state index contributed by atoms with van der Waals surface area (Å²) in [5.74, 6) is 0. The van der Waals surface area contributed by atoms with E-state index in [-0.39, 0.29) is 4.90 Å². The molecule has 1 unspecified atom stereocenters. The van der Waals surface area contributed by atoms with E-state index in [0.29, 0.717) is 0 Å². The van der Waals surface area contributed by atoms with Crippen LogP contribution in [0.2, 0.25) is 0 Å². The van der Waals surface area contributed by atoms with Gasteiger partial charge in [-0.1, -0.05) is 146 Å². The molecule has 0 aliphatic carbocycles. The maximum Gasteiger partial charge on any atom is 0.241 e. The fraction of sp³-hybridized carbons (Fsp3) is 0.0526. The van der Waals surface area contributed by atoms with Gasteiger partial charge in [-0.05, 0) is 70.2 Å². The van der Waals surface area contributed by atoms with Gasteiger partial charge >= 0.3 is 0 Å². The normalized spacial score (nSPS) is 12.4. The maximum atomic E-state index is 13.8. The summed E-state index contributed by atoms with van der Waals surface area (Å²) in [6.45, 7) is 6.31. The number of hydrogen-bond donors (Lipinski definition) is 1. The van der Waals surface area contributed by atoms with Crippen LogP contribution in [0.5, 0.6) is 0 Å². The zero-order valence-corrected chi connectivity index (χ0v) is 24.3. The van der Waals surface area contributed by atoms with Crippen molar-refractivity contribution in [2.24, 2.45) is 0 Å². The molecule has 0 amide bonds. The highest BCUT2D eigenvalue weighted by Crippen LogP contribution is 2.33. The summed E-state index contributed by atoms with van der Waals surface area (Å²) in [6.07, 6.45) is 4.06. The van der Waals surface area contributed by atoms with Crippen molar-refractivity contribution in [3.8, 4) is 0 Å². The predicted molar refractivity (Wildman–Crippen MR) is 174 cm³/mol. The molecule has 5 aromatic rings. The van der Waals surface area contributed by atoms with E-state index in [2.05, 4.69) is 41.6 Å². The van der Waals surface area contributed by atoms with Crippen molar-refractivity contribution in [1.29, 1.82) is 0 Å². The second kappa shape index (κ2) is 13.3. The fourth-order valence-corrected chi connectivity index (χ4v) is 6.01. The summed E-state index contributed by atoms with van der Waals surface area (Å²) >= 11 is 0. The van der Waals surface area contributed by atoms with E-state index >= 15 is 0 Å². The molecule has 208 valence electrons. The van der Waals surface area contributed by atoms with Crippen LogP contribution >= 0.6 is 0 Å². The molecule has 0 bridgehead atoms. The Labute approximate surface area is 249 Å². The van der Waals surface area contributed by atoms with Crippen LogP contribution in [0.4, 0.5) is 0 Å². The lowest BCUT2D eigenvalue weighted by molar-refractivity contribution is 0.572. The van der Waals surface area contributed by atoms with Crippen molar-refractivity contribution in [3.63, 3.8) is 0 Å². The van der Waals surface area contributed by atoms with Crippen LogP contribution in [0.1, 0.15) is 33.9 Å². The molecular formula is C38H33NO2S. The third-order valence-corrected chi connectivity index (χ3v) is 8.48. The Balaban J connectivity index is 1.73. The molecule has 1 N–H and O–H groups in total. The van der Waals surface area contributed by atoms with E-state index in [1.807, 2.05) is 122 Å². The Morgan fingerprint density at radius 2 is 1.07 bits per heavy atom. The predicted octanol–water partition coefficient (Wildman–Crippen LogP) is 8.79. The molecule has 1 atom stereocenters. The van der Waals surface area contributed by atoms with Crippen LogP contribution in [0, 0.1) is 6.92 Å². The van der Waals surface area contributed by atoms with Gasteiger partial charge in [0.25, 0.3) is 0 Å². The molecule has 0 saturated carbocycles. The standard InChI is InChI=1S/C38H33NO2S/c1-29-23-25-36(26-24-29)42(40,41)39-38(34-21-13-6-14-22-34)35(27-30(2)31-15-7-3-8-16-31)28-37(32-17-9-4-10-18-32)33-19-11-5-12-20-33/h3-28,38-39H,2H2,1H3/b35-27+. The van der Waals surface area contributed by atoms with Crippen LogP contribution < -0.4 is 4.72 Å². The molecule has 0 spiro atoms.